The van der Waals surface area contributed by atoms with Crippen LogP contribution in [0.25, 0.3) is 11.1 Å². The molecule has 540 valence electrons. The van der Waals surface area contributed by atoms with E-state index in [0.29, 0.717) is 0 Å². The molecule has 33 nitrogen and oxygen atoms in total. The Morgan fingerprint density at radius 1 is 0.713 bits per heavy atom. The maximum absolute atomic E-state index is 16.1. The molecule has 2 saturated heterocycles. The molecule has 20 N–H and O–H groups in total. The Kier molecular flexibility index (Phi) is 22.0. The molecule has 17 atom stereocenters. The number of nitrogens with one attached hydrogen (secondary N) is 7. The van der Waals surface area contributed by atoms with Gasteiger partial charge < -0.3 is 123 Å². The summed E-state index contributed by atoms with van der Waals surface area (Å²) in [5, 5.41) is 118. The zero-order chi connectivity index (χ0) is 73.5. The number of rotatable bonds is 13. The van der Waals surface area contributed by atoms with Gasteiger partial charge in [0, 0.05) is 29.2 Å². The van der Waals surface area contributed by atoms with E-state index in [1.165, 1.54) is 39.1 Å². The van der Waals surface area contributed by atoms with E-state index in [0.717, 1.165) is 60.7 Å². The molecule has 0 spiro atoms. The molecule has 0 aromatic heterocycles. The summed E-state index contributed by atoms with van der Waals surface area (Å²) in [6.45, 7) is 5.40. The summed E-state index contributed by atoms with van der Waals surface area (Å²) in [7, 11) is 1.47. The number of hydrogen-bond acceptors (Lipinski definition) is 25. The van der Waals surface area contributed by atoms with Gasteiger partial charge >= 0.3 is 5.97 Å². The maximum atomic E-state index is 16.1. The standard InChI is InChI=1S/C66H73Cl2N9O24/c1-23(2)12-34(71-5)58(88)76-49-51(83)26-7-10-38(32(67)14-26)97-40-16-28-17-41(56(40)101-65-54(86)53(85)52(84)42(22-78)99-65)98-39-11-8-27(15-33(39)68)55(100-44-21-66(4,70)57(87)24(3)96-44)50-63(93)75-48(64(94)95)31-18-29(79)19-37(81)45(31)30-13-25(6-9-36(30)80)46(60(90)77-50)74-61(91)47(28)73-59(89)35(20-43(69)82)72-62(49)92/h6-11,13-19,23-24,34-35,42,44,46-55,65,71,78-81,83-86H,12,20-22,70H2,1-5H3,(H2,69,82)(H,72,92)(H,73,89)(H,74,91)(H,75,93)(H,76,88)(H,77,90)(H,94,95)/t24-,34-,35+,42+,44-,46?,47+,48+,49+,50-,51-,52+,53-,54+,55+,65-,66-/m0/s1. The van der Waals surface area contributed by atoms with Crippen molar-refractivity contribution in [3.05, 3.63) is 117 Å². The van der Waals surface area contributed by atoms with Crippen molar-refractivity contribution >= 4 is 76.3 Å². The topological polar surface area (TPSA) is 527 Å². The first-order valence-corrected chi connectivity index (χ1v) is 32.2. The Morgan fingerprint density at radius 3 is 1.93 bits per heavy atom. The van der Waals surface area contributed by atoms with E-state index in [-0.39, 0.29) is 39.8 Å². The second-order valence-corrected chi connectivity index (χ2v) is 26.3. The highest BCUT2D eigenvalue weighted by molar-refractivity contribution is 6.32. The Labute approximate surface area is 583 Å². The van der Waals surface area contributed by atoms with E-state index in [1.807, 2.05) is 13.8 Å². The Morgan fingerprint density at radius 2 is 1.33 bits per heavy atom. The predicted octanol–water partition coefficient (Wildman–Crippen LogP) is 0.314. The number of aromatic hydroxyl groups is 3. The third-order valence-electron chi connectivity index (χ3n) is 17.5. The first kappa shape index (κ1) is 74.2. The third-order valence-corrected chi connectivity index (χ3v) is 18.1. The van der Waals surface area contributed by atoms with Gasteiger partial charge in [0.15, 0.2) is 29.6 Å². The number of ketones is 1. The van der Waals surface area contributed by atoms with Crippen LogP contribution in [0.3, 0.4) is 0 Å². The summed E-state index contributed by atoms with van der Waals surface area (Å²) >= 11 is 14.2. The van der Waals surface area contributed by atoms with Crippen molar-refractivity contribution in [3.8, 4) is 57.1 Å². The fourth-order valence-corrected chi connectivity index (χ4v) is 12.8. The van der Waals surface area contributed by atoms with Gasteiger partial charge in [-0.25, -0.2) is 4.79 Å². The smallest absolute Gasteiger partial charge is 0.330 e. The Balaban J connectivity index is 1.26. The van der Waals surface area contributed by atoms with Gasteiger partial charge in [-0.2, -0.15) is 0 Å². The van der Waals surface area contributed by atoms with E-state index in [4.69, 9.17) is 63.1 Å². The molecule has 7 aliphatic heterocycles. The largest absolute Gasteiger partial charge is 0.508 e. The van der Waals surface area contributed by atoms with Gasteiger partial charge in [-0.3, -0.25) is 38.4 Å². The second kappa shape index (κ2) is 30.0. The summed E-state index contributed by atoms with van der Waals surface area (Å²) in [5.41, 5.74) is 7.78. The number of Topliss-reactive ketones (excluding diaryl/α,β-unsaturated/α-hetero) is 1. The molecule has 101 heavy (non-hydrogen) atoms. The van der Waals surface area contributed by atoms with Gasteiger partial charge in [-0.05, 0) is 110 Å². The molecule has 1 unspecified atom stereocenters. The van der Waals surface area contributed by atoms with Gasteiger partial charge in [0.25, 0.3) is 0 Å². The van der Waals surface area contributed by atoms with Gasteiger partial charge in [0.1, 0.15) is 102 Å². The third kappa shape index (κ3) is 15.7. The lowest BCUT2D eigenvalue weighted by Crippen LogP contribution is -2.60. The van der Waals surface area contributed by atoms with Crippen molar-refractivity contribution in [2.24, 2.45) is 17.4 Å². The highest BCUT2D eigenvalue weighted by Gasteiger charge is 2.49. The van der Waals surface area contributed by atoms with Crippen molar-refractivity contribution < 1.29 is 118 Å². The van der Waals surface area contributed by atoms with Crippen molar-refractivity contribution in [1.29, 1.82) is 0 Å². The van der Waals surface area contributed by atoms with Crippen LogP contribution in [0.15, 0.2) is 78.9 Å². The quantitative estimate of drug-likeness (QED) is 0.0754. The molecule has 7 aliphatic rings. The SMILES string of the molecule is CN[C@@H](CC(C)C)C(=O)N[C@H]1C(=O)N[C@H](CC(N)=O)C(=O)N[C@H]2C(=O)NC3C(=O)N[C@H](C(=O)N[C@@H](C(=O)O)c4cc(O)cc(O)c4-c4cc3ccc4O)[C@H](O[C@H]3C[C@](C)(N)C(=O)[C@H](C)O3)c3ccc(c(Cl)c3)Oc3cc2cc(c3O[C@@H]2O[C@H](CO)[C@@H](O)[C@H](O)[C@H]2O)Oc2ccc(cc2Cl)[C@@H]1O. The molecule has 0 saturated carbocycles. The highest BCUT2D eigenvalue weighted by Crippen LogP contribution is 2.50. The van der Waals surface area contributed by atoms with E-state index < -0.39 is 243 Å². The molecule has 11 bridgehead atoms. The van der Waals surface area contributed by atoms with E-state index in [2.05, 4.69) is 37.2 Å². The van der Waals surface area contributed by atoms with Crippen LogP contribution in [0, 0.1) is 5.92 Å². The number of ether oxygens (including phenoxy) is 6. The van der Waals surface area contributed by atoms with Crippen LogP contribution in [-0.4, -0.2) is 186 Å². The number of primary amides is 1. The van der Waals surface area contributed by atoms with Crippen LogP contribution < -0.4 is 62.9 Å². The number of carboxylic acids is 1. The Bertz CT molecular complexity index is 4130. The molecule has 7 amide bonds. The molecule has 5 aromatic carbocycles. The summed E-state index contributed by atoms with van der Waals surface area (Å²) in [5.74, 6) is -16.7. The number of benzene rings is 5. The van der Waals surface area contributed by atoms with E-state index in [1.54, 1.807) is 0 Å². The number of likely N-dealkylation sites (N-methyl/N-ethyl adjacent to an activating group) is 1. The van der Waals surface area contributed by atoms with Crippen molar-refractivity contribution in [1.82, 2.24) is 37.2 Å². The van der Waals surface area contributed by atoms with Crippen LogP contribution in [0.4, 0.5) is 0 Å². The maximum Gasteiger partial charge on any atom is 0.330 e. The number of hydrogen-bond donors (Lipinski definition) is 18. The predicted molar refractivity (Wildman–Crippen MR) is 348 cm³/mol. The first-order valence-electron chi connectivity index (χ1n) is 31.5. The summed E-state index contributed by atoms with van der Waals surface area (Å²) in [6.07, 6.45) is -18.1. The van der Waals surface area contributed by atoms with E-state index in [9.17, 15) is 69.9 Å². The number of halogens is 2. The number of phenols is 3. The molecule has 35 heteroatoms. The fourth-order valence-electron chi connectivity index (χ4n) is 12.4. The fraction of sp³-hybridized carbons (Fsp3) is 0.409. The van der Waals surface area contributed by atoms with Crippen LogP contribution in [-0.2, 0) is 57.4 Å². The van der Waals surface area contributed by atoms with Crippen LogP contribution in [0.1, 0.15) is 105 Å². The number of amides is 7. The van der Waals surface area contributed by atoms with E-state index >= 15 is 19.2 Å². The molecular formula is C66H73Cl2N9O24. The van der Waals surface area contributed by atoms with Crippen LogP contribution >= 0.6 is 23.2 Å². The molecule has 12 rings (SSSR count). The molecule has 0 radical (unpaired) electrons. The summed E-state index contributed by atoms with van der Waals surface area (Å²) in [4.78, 5) is 132. The van der Waals surface area contributed by atoms with Crippen LogP contribution in [0.2, 0.25) is 10.0 Å². The average Bonchev–Trinajstić information content (AvgIpc) is 0.770. The Hall–Kier alpha value is -9.49. The van der Waals surface area contributed by atoms with Gasteiger partial charge in [-0.15, -0.1) is 0 Å². The van der Waals surface area contributed by atoms with Crippen LogP contribution in [0.5, 0.6) is 46.0 Å². The lowest BCUT2D eigenvalue weighted by Gasteiger charge is -2.40. The number of aliphatic carboxylic acids is 1. The van der Waals surface area contributed by atoms with Crippen molar-refractivity contribution in [2.75, 3.05) is 13.7 Å². The molecule has 2 fully saturated rings. The van der Waals surface area contributed by atoms with Gasteiger partial charge in [0.05, 0.1) is 34.7 Å². The van der Waals surface area contributed by atoms with Crippen molar-refractivity contribution in [2.45, 2.75) is 150 Å². The number of aliphatic hydroxyl groups is 5. The van der Waals surface area contributed by atoms with Gasteiger partial charge in [0.2, 0.25) is 53.4 Å². The monoisotopic (exact) mass is 1450 g/mol. The number of fused-ring (bicyclic) bond motifs is 15. The minimum atomic E-state index is -2.35. The minimum Gasteiger partial charge on any atom is -0.508 e. The minimum absolute atomic E-state index is 0.0975. The number of carbonyl (C=O) groups excluding carboxylic acids is 8. The first-order chi connectivity index (χ1) is 47.7. The number of aliphatic hydroxyl groups excluding tert-OH is 5. The lowest BCUT2D eigenvalue weighted by atomic mass is 9.88. The zero-order valence-electron chi connectivity index (χ0n) is 54.2. The lowest BCUT2D eigenvalue weighted by molar-refractivity contribution is -0.277. The normalized spacial score (nSPS) is 28.7. The average molecular weight is 1450 g/mol. The second-order valence-electron chi connectivity index (χ2n) is 25.5. The number of phenolic OH excluding ortho intramolecular Hbond substituents is 3. The molecule has 0 aliphatic carbocycles. The van der Waals surface area contributed by atoms with Gasteiger partial charge in [-0.1, -0.05) is 55.2 Å². The highest BCUT2D eigenvalue weighted by atomic mass is 35.5. The number of carboxylic acid groups (broad SMARTS) is 1. The number of carbonyl (C=O) groups is 9. The molecule has 7 heterocycles. The number of nitrogens with two attached hydrogens (primary N) is 2. The van der Waals surface area contributed by atoms with Crippen molar-refractivity contribution in [3.63, 3.8) is 0 Å². The zero-order valence-corrected chi connectivity index (χ0v) is 55.7. The summed E-state index contributed by atoms with van der Waals surface area (Å²) < 4.78 is 37.8. The molecular weight excluding hydrogens is 1370 g/mol. The molecule has 5 aromatic rings. The summed E-state index contributed by atoms with van der Waals surface area (Å²) in [6, 6.07) is -0.561.